The number of aromatic nitrogens is 4. The lowest BCUT2D eigenvalue weighted by Crippen LogP contribution is -2.48. The Morgan fingerprint density at radius 3 is 2.58 bits per heavy atom. The number of rotatable bonds is 5. The van der Waals surface area contributed by atoms with Gasteiger partial charge in [-0.05, 0) is 42.7 Å². The van der Waals surface area contributed by atoms with E-state index in [1.165, 1.54) is 6.08 Å². The van der Waals surface area contributed by atoms with Gasteiger partial charge in [0.25, 0.3) is 0 Å². The van der Waals surface area contributed by atoms with E-state index >= 15 is 0 Å². The maximum atomic E-state index is 11.9. The van der Waals surface area contributed by atoms with E-state index in [0.29, 0.717) is 25.3 Å². The first-order valence-electron chi connectivity index (χ1n) is 12.9. The molecule has 6 rings (SSSR count). The van der Waals surface area contributed by atoms with Gasteiger partial charge in [-0.3, -0.25) is 9.48 Å². The first-order chi connectivity index (χ1) is 18.6. The van der Waals surface area contributed by atoms with E-state index in [4.69, 9.17) is 4.74 Å². The molecule has 2 aliphatic rings. The number of benzene rings is 1. The molecule has 38 heavy (non-hydrogen) atoms. The number of ether oxygens (including phenoxy) is 1. The summed E-state index contributed by atoms with van der Waals surface area (Å²) >= 11 is 0. The molecule has 2 aliphatic heterocycles. The van der Waals surface area contributed by atoms with Gasteiger partial charge in [0.15, 0.2) is 0 Å². The smallest absolute Gasteiger partial charge is 0.246 e. The largest absolute Gasteiger partial charge is 0.379 e. The van der Waals surface area contributed by atoms with Gasteiger partial charge >= 0.3 is 0 Å². The highest BCUT2D eigenvalue weighted by Crippen LogP contribution is 2.33. The van der Waals surface area contributed by atoms with Crippen LogP contribution in [0.15, 0.2) is 67.8 Å². The van der Waals surface area contributed by atoms with Crippen molar-refractivity contribution in [1.82, 2.24) is 24.3 Å². The molecule has 0 bridgehead atoms. The van der Waals surface area contributed by atoms with Gasteiger partial charge in [-0.1, -0.05) is 18.7 Å². The molecule has 0 radical (unpaired) electrons. The molecule has 192 valence electrons. The van der Waals surface area contributed by atoms with E-state index in [-0.39, 0.29) is 11.9 Å². The lowest BCUT2D eigenvalue weighted by Gasteiger charge is -2.35. The summed E-state index contributed by atoms with van der Waals surface area (Å²) in [5.74, 6) is -0.0179. The number of pyridine rings is 1. The fourth-order valence-corrected chi connectivity index (χ4v) is 5.37. The number of fused-ring (bicyclic) bond motifs is 1. The molecule has 2 fully saturated rings. The number of carbonyl (C=O) groups excluding carboxylic acids is 1. The Morgan fingerprint density at radius 1 is 1.05 bits per heavy atom. The predicted molar refractivity (Wildman–Crippen MR) is 145 cm³/mol. The molecule has 1 atom stereocenters. The zero-order chi connectivity index (χ0) is 26.1. The quantitative estimate of drug-likeness (QED) is 0.380. The Hall–Kier alpha value is -4.42. The van der Waals surface area contributed by atoms with Crippen molar-refractivity contribution in [2.24, 2.45) is 0 Å². The summed E-state index contributed by atoms with van der Waals surface area (Å²) in [5, 5.41) is 18.9. The number of amides is 1. The van der Waals surface area contributed by atoms with Crippen LogP contribution in [0.25, 0.3) is 27.8 Å². The monoisotopic (exact) mass is 507 g/mol. The molecule has 1 unspecified atom stereocenters. The molecular formula is C29H29N7O2. The minimum Gasteiger partial charge on any atom is -0.379 e. The average molecular weight is 508 g/mol. The van der Waals surface area contributed by atoms with Crippen molar-refractivity contribution in [1.29, 1.82) is 5.26 Å². The van der Waals surface area contributed by atoms with E-state index in [1.54, 1.807) is 10.7 Å². The molecule has 5 heterocycles. The van der Waals surface area contributed by atoms with Crippen LogP contribution >= 0.6 is 0 Å². The minimum atomic E-state index is -0.0179. The summed E-state index contributed by atoms with van der Waals surface area (Å²) in [6.07, 6.45) is 11.0. The molecule has 1 aromatic carbocycles. The molecule has 0 spiro atoms. The van der Waals surface area contributed by atoms with Crippen LogP contribution in [-0.2, 0) is 9.53 Å². The highest BCUT2D eigenvalue weighted by atomic mass is 16.5. The lowest BCUT2D eigenvalue weighted by atomic mass is 9.99. The Balaban J connectivity index is 1.31. The van der Waals surface area contributed by atoms with Crippen molar-refractivity contribution in [3.05, 3.63) is 73.3 Å². The van der Waals surface area contributed by atoms with Crippen molar-refractivity contribution >= 4 is 17.1 Å². The summed E-state index contributed by atoms with van der Waals surface area (Å²) in [6.45, 7) is 7.99. The fourth-order valence-electron chi connectivity index (χ4n) is 5.37. The van der Waals surface area contributed by atoms with Gasteiger partial charge < -0.3 is 14.5 Å². The normalized spacial score (nSPS) is 17.9. The van der Waals surface area contributed by atoms with Gasteiger partial charge in [0.2, 0.25) is 5.91 Å². The molecule has 0 saturated carbocycles. The molecule has 4 aromatic rings. The molecular weight excluding hydrogens is 478 g/mol. The van der Waals surface area contributed by atoms with Crippen LogP contribution in [0.4, 0.5) is 5.69 Å². The summed E-state index contributed by atoms with van der Waals surface area (Å²) in [5.41, 5.74) is 6.36. The van der Waals surface area contributed by atoms with E-state index < -0.39 is 0 Å². The molecule has 0 N–H and O–H groups in total. The average Bonchev–Trinajstić information content (AvgIpc) is 3.65. The third-order valence-corrected chi connectivity index (χ3v) is 7.49. The number of carbonyl (C=O) groups is 1. The highest BCUT2D eigenvalue weighted by Gasteiger charge is 2.21. The topological polar surface area (TPSA) is 91.7 Å². The summed E-state index contributed by atoms with van der Waals surface area (Å²) < 4.78 is 9.43. The second kappa shape index (κ2) is 10.1. The van der Waals surface area contributed by atoms with Crippen molar-refractivity contribution < 1.29 is 9.53 Å². The molecule has 0 aliphatic carbocycles. The number of hydrogen-bond donors (Lipinski definition) is 0. The fraction of sp³-hybridized carbons (Fsp3) is 0.310. The Bertz CT molecular complexity index is 1510. The zero-order valence-electron chi connectivity index (χ0n) is 21.2. The third kappa shape index (κ3) is 4.44. The van der Waals surface area contributed by atoms with Gasteiger partial charge in [0.1, 0.15) is 6.07 Å². The van der Waals surface area contributed by atoms with Gasteiger partial charge in [0, 0.05) is 67.6 Å². The van der Waals surface area contributed by atoms with Crippen molar-refractivity contribution in [3.8, 4) is 28.3 Å². The summed E-state index contributed by atoms with van der Waals surface area (Å²) in [6, 6.07) is 13.0. The van der Waals surface area contributed by atoms with E-state index in [2.05, 4.69) is 64.3 Å². The Labute approximate surface area is 221 Å². The Morgan fingerprint density at radius 2 is 1.87 bits per heavy atom. The third-order valence-electron chi connectivity index (χ3n) is 7.49. The summed E-state index contributed by atoms with van der Waals surface area (Å²) in [7, 11) is 0. The van der Waals surface area contributed by atoms with Crippen LogP contribution in [0.2, 0.25) is 0 Å². The minimum absolute atomic E-state index is 0.0179. The maximum Gasteiger partial charge on any atom is 0.246 e. The van der Waals surface area contributed by atoms with Crippen LogP contribution in [0, 0.1) is 11.3 Å². The van der Waals surface area contributed by atoms with Gasteiger partial charge in [-0.2, -0.15) is 15.5 Å². The van der Waals surface area contributed by atoms with E-state index in [1.807, 2.05) is 22.0 Å². The van der Waals surface area contributed by atoms with Crippen molar-refractivity contribution in [2.45, 2.75) is 18.9 Å². The Kier molecular flexibility index (Phi) is 6.40. The van der Waals surface area contributed by atoms with Crippen LogP contribution in [-0.4, -0.2) is 69.6 Å². The SMILES string of the molecule is C=CC(=O)N1CCN(c2ccc(-c3cc(-c4cnn(C5CCCOC5)c4)cn4ncc(C#N)c34)cc2)CC1. The number of anilines is 1. The van der Waals surface area contributed by atoms with E-state index in [9.17, 15) is 10.1 Å². The molecule has 2 saturated heterocycles. The second-order valence-electron chi connectivity index (χ2n) is 9.75. The summed E-state index contributed by atoms with van der Waals surface area (Å²) in [4.78, 5) is 16.0. The van der Waals surface area contributed by atoms with Gasteiger partial charge in [-0.25, -0.2) is 4.52 Å². The molecule has 9 nitrogen and oxygen atoms in total. The van der Waals surface area contributed by atoms with Gasteiger partial charge in [0.05, 0.1) is 36.1 Å². The van der Waals surface area contributed by atoms with Crippen molar-refractivity contribution in [2.75, 3.05) is 44.3 Å². The number of hydrogen-bond acceptors (Lipinski definition) is 6. The van der Waals surface area contributed by atoms with Crippen LogP contribution < -0.4 is 4.90 Å². The van der Waals surface area contributed by atoms with Crippen LogP contribution in [0.1, 0.15) is 24.4 Å². The highest BCUT2D eigenvalue weighted by molar-refractivity contribution is 5.88. The predicted octanol–water partition coefficient (Wildman–Crippen LogP) is 3.92. The lowest BCUT2D eigenvalue weighted by molar-refractivity contribution is -0.126. The first-order valence-corrected chi connectivity index (χ1v) is 12.9. The second-order valence-corrected chi connectivity index (χ2v) is 9.75. The maximum absolute atomic E-state index is 11.9. The van der Waals surface area contributed by atoms with Crippen LogP contribution in [0.5, 0.6) is 0 Å². The van der Waals surface area contributed by atoms with Crippen molar-refractivity contribution in [3.63, 3.8) is 0 Å². The first kappa shape index (κ1) is 23.9. The zero-order valence-corrected chi connectivity index (χ0v) is 21.2. The molecule has 3 aromatic heterocycles. The number of piperazine rings is 1. The van der Waals surface area contributed by atoms with Gasteiger partial charge in [-0.15, -0.1) is 0 Å². The van der Waals surface area contributed by atoms with E-state index in [0.717, 1.165) is 66.0 Å². The molecule has 9 heteroatoms. The molecule has 1 amide bonds. The number of nitrogens with zero attached hydrogens (tertiary/aromatic N) is 7. The van der Waals surface area contributed by atoms with Crippen LogP contribution in [0.3, 0.4) is 0 Å². The number of nitriles is 1. The standard InChI is InChI=1S/C29H29N7O2/c1-2-28(37)34-11-9-33(10-12-34)25-7-5-21(6-8-25)27-14-22(18-36-29(27)23(15-30)16-32-36)24-17-31-35(19-24)26-4-3-13-38-20-26/h2,5-8,14,16-19,26H,1,3-4,9-13,20H2.